The van der Waals surface area contributed by atoms with Gasteiger partial charge < -0.3 is 9.99 Å². The summed E-state index contributed by atoms with van der Waals surface area (Å²) in [4.78, 5) is 21.2. The van der Waals surface area contributed by atoms with E-state index in [2.05, 4.69) is 0 Å². The molecule has 0 saturated heterocycles. The molecule has 0 atom stereocenters. The summed E-state index contributed by atoms with van der Waals surface area (Å²) in [6, 6.07) is 6.97. The molecule has 0 spiro atoms. The highest BCUT2D eigenvalue weighted by atomic mass is 17.2. The van der Waals surface area contributed by atoms with Crippen LogP contribution in [0.25, 0.3) is 0 Å². The summed E-state index contributed by atoms with van der Waals surface area (Å²) >= 11 is 0. The molecule has 0 aliphatic heterocycles. The Kier molecular flexibility index (Phi) is 4.52. The highest BCUT2D eigenvalue weighted by Gasteiger charge is 2.19. The van der Waals surface area contributed by atoms with Gasteiger partial charge in [0.15, 0.2) is 5.75 Å². The molecular weight excluding hydrogens is 220 g/mol. The van der Waals surface area contributed by atoms with Gasteiger partial charge in [-0.1, -0.05) is 25.1 Å². The van der Waals surface area contributed by atoms with Crippen LogP contribution in [0.5, 0.6) is 5.75 Å². The Morgan fingerprint density at radius 1 is 1.35 bits per heavy atom. The molecule has 0 unspecified atom stereocenters. The fraction of sp³-hybridized carbons (Fsp3) is 0.462. The molecule has 0 fully saturated rings. The first-order chi connectivity index (χ1) is 7.94. The molecule has 94 valence electrons. The third-order valence-electron chi connectivity index (χ3n) is 2.52. The van der Waals surface area contributed by atoms with Gasteiger partial charge in [-0.3, -0.25) is 4.79 Å². The minimum absolute atomic E-state index is 0.0773. The molecule has 0 bridgehead atoms. The van der Waals surface area contributed by atoms with Crippen molar-refractivity contribution in [2.24, 2.45) is 0 Å². The number of aliphatic carboxylic acids is 1. The van der Waals surface area contributed by atoms with E-state index < -0.39 is 11.6 Å². The molecule has 0 radical (unpaired) electrons. The van der Waals surface area contributed by atoms with E-state index in [0.29, 0.717) is 11.3 Å². The monoisotopic (exact) mass is 238 g/mol. The van der Waals surface area contributed by atoms with Gasteiger partial charge in [-0.25, -0.2) is 0 Å². The van der Waals surface area contributed by atoms with Crippen LogP contribution in [0.3, 0.4) is 0 Å². The van der Waals surface area contributed by atoms with E-state index >= 15 is 0 Å². The van der Waals surface area contributed by atoms with Crippen LogP contribution >= 0.6 is 0 Å². The minimum atomic E-state index is -0.893. The second kappa shape index (κ2) is 5.68. The third-order valence-corrected chi connectivity index (χ3v) is 2.52. The summed E-state index contributed by atoms with van der Waals surface area (Å²) in [5.41, 5.74) is 0.211. The van der Waals surface area contributed by atoms with E-state index in [1.54, 1.807) is 24.3 Å². The van der Waals surface area contributed by atoms with Gasteiger partial charge in [0, 0.05) is 5.56 Å². The van der Waals surface area contributed by atoms with Gasteiger partial charge in [-0.2, -0.15) is 4.89 Å². The number of rotatable bonds is 6. The second-order valence-electron chi connectivity index (χ2n) is 4.46. The van der Waals surface area contributed by atoms with E-state index in [1.807, 2.05) is 20.8 Å². The Labute approximate surface area is 101 Å². The van der Waals surface area contributed by atoms with Crippen LogP contribution in [0.4, 0.5) is 0 Å². The van der Waals surface area contributed by atoms with Gasteiger partial charge in [-0.05, 0) is 26.3 Å². The molecule has 0 heterocycles. The van der Waals surface area contributed by atoms with Gasteiger partial charge >= 0.3 is 5.97 Å². The standard InChI is InChI=1S/C13H18O4/c1-4-13(2,3)17-16-11-8-6-5-7-10(11)9-12(14)15/h5-8H,4,9H2,1-3H3,(H,14,15). The molecular formula is C13H18O4. The van der Waals surface area contributed by atoms with Crippen LogP contribution < -0.4 is 4.89 Å². The fourth-order valence-corrected chi connectivity index (χ4v) is 1.11. The highest BCUT2D eigenvalue weighted by molar-refractivity contribution is 5.71. The van der Waals surface area contributed by atoms with Crippen LogP contribution in [0.2, 0.25) is 0 Å². The van der Waals surface area contributed by atoms with Crippen LogP contribution in [-0.2, 0) is 16.1 Å². The molecule has 4 heteroatoms. The van der Waals surface area contributed by atoms with E-state index in [0.717, 1.165) is 6.42 Å². The van der Waals surface area contributed by atoms with E-state index in [4.69, 9.17) is 14.9 Å². The lowest BCUT2D eigenvalue weighted by molar-refractivity contribution is -0.281. The molecule has 0 aliphatic carbocycles. The van der Waals surface area contributed by atoms with Crippen LogP contribution in [0, 0.1) is 0 Å². The highest BCUT2D eigenvalue weighted by Crippen LogP contribution is 2.22. The maximum absolute atomic E-state index is 10.7. The van der Waals surface area contributed by atoms with E-state index in [9.17, 15) is 4.79 Å². The van der Waals surface area contributed by atoms with E-state index in [1.165, 1.54) is 0 Å². The lowest BCUT2D eigenvalue weighted by Gasteiger charge is -2.22. The summed E-state index contributed by atoms with van der Waals surface area (Å²) in [7, 11) is 0. The molecule has 1 N–H and O–H groups in total. The summed E-state index contributed by atoms with van der Waals surface area (Å²) < 4.78 is 0. The molecule has 1 aromatic carbocycles. The smallest absolute Gasteiger partial charge is 0.307 e. The summed E-state index contributed by atoms with van der Waals surface area (Å²) in [6.45, 7) is 5.81. The Hall–Kier alpha value is -1.55. The van der Waals surface area contributed by atoms with Gasteiger partial charge in [-0.15, -0.1) is 0 Å². The first kappa shape index (κ1) is 13.5. The summed E-state index contributed by atoms with van der Waals surface area (Å²) in [5.74, 6) is -0.438. The topological polar surface area (TPSA) is 55.8 Å². The fourth-order valence-electron chi connectivity index (χ4n) is 1.11. The zero-order valence-corrected chi connectivity index (χ0v) is 10.4. The Bertz CT molecular complexity index is 385. The Morgan fingerprint density at radius 2 is 2.00 bits per heavy atom. The maximum atomic E-state index is 10.7. The largest absolute Gasteiger partial charge is 0.481 e. The van der Waals surface area contributed by atoms with Gasteiger partial charge in [0.25, 0.3) is 0 Å². The first-order valence-electron chi connectivity index (χ1n) is 5.60. The zero-order valence-electron chi connectivity index (χ0n) is 10.4. The van der Waals surface area contributed by atoms with Crippen molar-refractivity contribution in [1.29, 1.82) is 0 Å². The van der Waals surface area contributed by atoms with Crippen molar-refractivity contribution in [3.63, 3.8) is 0 Å². The van der Waals surface area contributed by atoms with Gasteiger partial charge in [0.1, 0.15) is 5.60 Å². The van der Waals surface area contributed by atoms with Gasteiger partial charge in [0.05, 0.1) is 6.42 Å². The Balaban J connectivity index is 2.73. The molecule has 17 heavy (non-hydrogen) atoms. The van der Waals surface area contributed by atoms with Crippen LogP contribution in [0.1, 0.15) is 32.8 Å². The predicted molar refractivity (Wildman–Crippen MR) is 63.9 cm³/mol. The number of carboxylic acid groups (broad SMARTS) is 1. The van der Waals surface area contributed by atoms with Crippen LogP contribution in [0.15, 0.2) is 24.3 Å². The van der Waals surface area contributed by atoms with Crippen molar-refractivity contribution in [3.05, 3.63) is 29.8 Å². The number of benzene rings is 1. The average molecular weight is 238 g/mol. The summed E-state index contributed by atoms with van der Waals surface area (Å²) in [6.07, 6.45) is 0.722. The zero-order chi connectivity index (χ0) is 12.9. The minimum Gasteiger partial charge on any atom is -0.481 e. The molecule has 0 amide bonds. The van der Waals surface area contributed by atoms with Gasteiger partial charge in [0.2, 0.25) is 0 Å². The normalized spacial score (nSPS) is 11.2. The van der Waals surface area contributed by atoms with Crippen molar-refractivity contribution in [2.75, 3.05) is 0 Å². The molecule has 1 rings (SSSR count). The van der Waals surface area contributed by atoms with Crippen molar-refractivity contribution in [1.82, 2.24) is 0 Å². The average Bonchev–Trinajstić information content (AvgIpc) is 2.27. The predicted octanol–water partition coefficient (Wildman–Crippen LogP) is 2.81. The number of hydrogen-bond donors (Lipinski definition) is 1. The summed E-state index contributed by atoms with van der Waals surface area (Å²) in [5, 5.41) is 8.77. The molecule has 0 saturated carbocycles. The lowest BCUT2D eigenvalue weighted by atomic mass is 10.1. The number of para-hydroxylation sites is 1. The maximum Gasteiger partial charge on any atom is 0.307 e. The second-order valence-corrected chi connectivity index (χ2v) is 4.46. The molecule has 0 aliphatic rings. The van der Waals surface area contributed by atoms with Crippen molar-refractivity contribution < 1.29 is 19.7 Å². The van der Waals surface area contributed by atoms with Crippen molar-refractivity contribution >= 4 is 5.97 Å². The molecule has 4 nitrogen and oxygen atoms in total. The number of carboxylic acids is 1. The quantitative estimate of drug-likeness (QED) is 0.611. The van der Waals surface area contributed by atoms with Crippen LogP contribution in [-0.4, -0.2) is 16.7 Å². The van der Waals surface area contributed by atoms with Crippen molar-refractivity contribution in [3.8, 4) is 5.75 Å². The first-order valence-corrected chi connectivity index (χ1v) is 5.60. The van der Waals surface area contributed by atoms with E-state index in [-0.39, 0.29) is 6.42 Å². The Morgan fingerprint density at radius 3 is 2.59 bits per heavy atom. The molecule has 0 aromatic heterocycles. The number of hydrogen-bond acceptors (Lipinski definition) is 3. The lowest BCUT2D eigenvalue weighted by Crippen LogP contribution is -2.25. The molecule has 1 aromatic rings. The third kappa shape index (κ3) is 4.44. The van der Waals surface area contributed by atoms with Crippen molar-refractivity contribution in [2.45, 2.75) is 39.2 Å². The number of carbonyl (C=O) groups is 1. The SMILES string of the molecule is CCC(C)(C)OOc1ccccc1CC(=O)O.